The van der Waals surface area contributed by atoms with Gasteiger partial charge < -0.3 is 0 Å². The quantitative estimate of drug-likeness (QED) is 0.540. The first-order chi connectivity index (χ1) is 7.07. The molecule has 0 saturated heterocycles. The Balaban J connectivity index is 2.38. The van der Waals surface area contributed by atoms with Crippen LogP contribution >= 0.6 is 7.92 Å². The molecule has 15 heavy (non-hydrogen) atoms. The van der Waals surface area contributed by atoms with Crippen LogP contribution < -0.4 is 0 Å². The van der Waals surface area contributed by atoms with Gasteiger partial charge in [-0.15, -0.1) is 0 Å². The van der Waals surface area contributed by atoms with Crippen molar-refractivity contribution in [2.24, 2.45) is 0 Å². The van der Waals surface area contributed by atoms with E-state index in [0.717, 1.165) is 0 Å². The zero-order chi connectivity index (χ0) is 10.9. The average molecular weight is 216 g/mol. The second-order valence-electron chi connectivity index (χ2n) is 4.84. The number of hydrogen-bond acceptors (Lipinski definition) is 0. The summed E-state index contributed by atoms with van der Waals surface area (Å²) >= 11 is 0. The smallest absolute Gasteiger partial charge is 0.0110 e. The average Bonchev–Trinajstić information content (AvgIpc) is 2.38. The third kappa shape index (κ3) is 2.38. The summed E-state index contributed by atoms with van der Waals surface area (Å²) in [5.74, 6) is 4.75. The molecule has 1 aromatic carbocycles. The lowest BCUT2D eigenvalue weighted by Crippen LogP contribution is -2.07. The molecule has 0 amide bonds. The van der Waals surface area contributed by atoms with Crippen molar-refractivity contribution in [1.82, 2.24) is 0 Å². The first-order valence-electron chi connectivity index (χ1n) is 5.31. The Morgan fingerprint density at radius 1 is 0.867 bits per heavy atom. The SMILES string of the molecule is CC(C)(C)P1C=Cc2ccccc2C=C1. The molecule has 0 atom stereocenters. The minimum absolute atomic E-state index is 0.147. The third-order valence-corrected chi connectivity index (χ3v) is 5.09. The largest absolute Gasteiger partial charge is 0.0616 e. The minimum Gasteiger partial charge on any atom is -0.0616 e. The summed E-state index contributed by atoms with van der Waals surface area (Å²) < 4.78 is 0. The van der Waals surface area contributed by atoms with Gasteiger partial charge in [-0.1, -0.05) is 76.7 Å². The van der Waals surface area contributed by atoms with Crippen LogP contribution in [0.15, 0.2) is 35.9 Å². The number of rotatable bonds is 0. The van der Waals surface area contributed by atoms with E-state index in [1.54, 1.807) is 0 Å². The Labute approximate surface area is 93.5 Å². The second-order valence-corrected chi connectivity index (χ2v) is 7.59. The molecule has 0 unspecified atom stereocenters. The summed E-state index contributed by atoms with van der Waals surface area (Å²) in [7, 11) is -0.147. The van der Waals surface area contributed by atoms with E-state index in [1.807, 2.05) is 0 Å². The van der Waals surface area contributed by atoms with Crippen LogP contribution in [-0.2, 0) is 0 Å². The van der Waals surface area contributed by atoms with Crippen LogP contribution in [0.1, 0.15) is 31.9 Å². The van der Waals surface area contributed by atoms with Gasteiger partial charge in [-0.3, -0.25) is 0 Å². The standard InChI is InChI=1S/C14H17P/c1-14(2,3)15-10-8-12-6-4-5-7-13(12)9-11-15/h4-11H,1-3H3. The van der Waals surface area contributed by atoms with Gasteiger partial charge in [0.25, 0.3) is 0 Å². The van der Waals surface area contributed by atoms with Crippen molar-refractivity contribution in [2.45, 2.75) is 25.9 Å². The Hall–Kier alpha value is -0.870. The molecule has 0 spiro atoms. The highest BCUT2D eigenvalue weighted by Gasteiger charge is 2.20. The summed E-state index contributed by atoms with van der Waals surface area (Å²) in [6.07, 6.45) is 4.54. The Kier molecular flexibility index (Phi) is 2.80. The molecule has 78 valence electrons. The van der Waals surface area contributed by atoms with E-state index in [1.165, 1.54) is 11.1 Å². The number of benzene rings is 1. The predicted octanol–water partition coefficient (Wildman–Crippen LogP) is 4.92. The molecular weight excluding hydrogens is 199 g/mol. The summed E-state index contributed by atoms with van der Waals surface area (Å²) in [4.78, 5) is 0. The molecule has 0 N–H and O–H groups in total. The van der Waals surface area contributed by atoms with Crippen molar-refractivity contribution < 1.29 is 0 Å². The fourth-order valence-electron chi connectivity index (χ4n) is 1.63. The van der Waals surface area contributed by atoms with Gasteiger partial charge in [0.1, 0.15) is 0 Å². The Morgan fingerprint density at radius 3 is 1.73 bits per heavy atom. The van der Waals surface area contributed by atoms with Crippen LogP contribution in [0.25, 0.3) is 12.2 Å². The predicted molar refractivity (Wildman–Crippen MR) is 71.2 cm³/mol. The molecule has 1 aliphatic heterocycles. The van der Waals surface area contributed by atoms with Crippen LogP contribution in [0.4, 0.5) is 0 Å². The maximum atomic E-state index is 2.37. The molecule has 1 heteroatoms. The molecule has 1 aliphatic rings. The van der Waals surface area contributed by atoms with Crippen molar-refractivity contribution in [3.63, 3.8) is 0 Å². The zero-order valence-corrected chi connectivity index (χ0v) is 10.5. The van der Waals surface area contributed by atoms with E-state index in [0.29, 0.717) is 5.16 Å². The normalized spacial score (nSPS) is 16.2. The summed E-state index contributed by atoms with van der Waals surface area (Å²) in [6.45, 7) is 6.93. The van der Waals surface area contributed by atoms with Gasteiger partial charge >= 0.3 is 0 Å². The summed E-state index contributed by atoms with van der Waals surface area (Å²) in [5.41, 5.74) is 2.67. The molecule has 0 bridgehead atoms. The highest BCUT2D eigenvalue weighted by Crippen LogP contribution is 2.53. The Bertz CT molecular complexity index is 375. The van der Waals surface area contributed by atoms with Crippen LogP contribution in [0.3, 0.4) is 0 Å². The molecular formula is C14H17P. The van der Waals surface area contributed by atoms with Gasteiger partial charge in [-0.05, 0) is 16.3 Å². The topological polar surface area (TPSA) is 0 Å². The second kappa shape index (κ2) is 3.94. The maximum absolute atomic E-state index is 2.37. The number of hydrogen-bond donors (Lipinski definition) is 0. The maximum Gasteiger partial charge on any atom is -0.0110 e. The van der Waals surface area contributed by atoms with Gasteiger partial charge in [0.2, 0.25) is 0 Å². The van der Waals surface area contributed by atoms with Crippen molar-refractivity contribution in [2.75, 3.05) is 0 Å². The van der Waals surface area contributed by atoms with E-state index in [9.17, 15) is 0 Å². The molecule has 0 fully saturated rings. The van der Waals surface area contributed by atoms with E-state index >= 15 is 0 Å². The Morgan fingerprint density at radius 2 is 1.33 bits per heavy atom. The molecule has 1 aromatic rings. The van der Waals surface area contributed by atoms with Gasteiger partial charge in [0.15, 0.2) is 0 Å². The minimum atomic E-state index is -0.147. The van der Waals surface area contributed by atoms with Gasteiger partial charge in [0, 0.05) is 0 Å². The first kappa shape index (κ1) is 10.6. The molecule has 2 rings (SSSR count). The van der Waals surface area contributed by atoms with E-state index < -0.39 is 0 Å². The molecule has 1 heterocycles. The zero-order valence-electron chi connectivity index (χ0n) is 9.57. The summed E-state index contributed by atoms with van der Waals surface area (Å²) in [5, 5.41) is 0.365. The van der Waals surface area contributed by atoms with Crippen molar-refractivity contribution in [3.8, 4) is 0 Å². The van der Waals surface area contributed by atoms with Crippen molar-refractivity contribution in [3.05, 3.63) is 47.0 Å². The fraction of sp³-hybridized carbons (Fsp3) is 0.286. The lowest BCUT2D eigenvalue weighted by molar-refractivity contribution is 0.793. The molecule has 0 aromatic heterocycles. The first-order valence-corrected chi connectivity index (χ1v) is 6.79. The molecule has 0 radical (unpaired) electrons. The van der Waals surface area contributed by atoms with Gasteiger partial charge in [-0.25, -0.2) is 0 Å². The van der Waals surface area contributed by atoms with Crippen LogP contribution in [0.2, 0.25) is 0 Å². The van der Waals surface area contributed by atoms with Gasteiger partial charge in [0.05, 0.1) is 0 Å². The highest BCUT2D eigenvalue weighted by atomic mass is 31.1. The van der Waals surface area contributed by atoms with E-state index in [4.69, 9.17) is 0 Å². The van der Waals surface area contributed by atoms with Crippen molar-refractivity contribution >= 4 is 20.1 Å². The van der Waals surface area contributed by atoms with Gasteiger partial charge in [-0.2, -0.15) is 0 Å². The third-order valence-electron chi connectivity index (χ3n) is 2.60. The molecule has 0 nitrogen and oxygen atoms in total. The lowest BCUT2D eigenvalue weighted by atomic mass is 10.1. The van der Waals surface area contributed by atoms with Crippen LogP contribution in [-0.4, -0.2) is 5.16 Å². The highest BCUT2D eigenvalue weighted by molar-refractivity contribution is 7.65. The van der Waals surface area contributed by atoms with Crippen LogP contribution in [0, 0.1) is 0 Å². The monoisotopic (exact) mass is 216 g/mol. The molecule has 0 saturated carbocycles. The summed E-state index contributed by atoms with van der Waals surface area (Å²) in [6, 6.07) is 8.55. The lowest BCUT2D eigenvalue weighted by Gasteiger charge is -2.25. The van der Waals surface area contributed by atoms with E-state index in [-0.39, 0.29) is 7.92 Å². The van der Waals surface area contributed by atoms with Crippen LogP contribution in [0.5, 0.6) is 0 Å². The van der Waals surface area contributed by atoms with Crippen molar-refractivity contribution in [1.29, 1.82) is 0 Å². The number of fused-ring (bicyclic) bond motifs is 1. The van der Waals surface area contributed by atoms with E-state index in [2.05, 4.69) is 68.8 Å². The fourth-order valence-corrected chi connectivity index (χ4v) is 3.27. The molecule has 0 aliphatic carbocycles.